The van der Waals surface area contributed by atoms with Gasteiger partial charge in [0.05, 0.1) is 0 Å². The van der Waals surface area contributed by atoms with Crippen molar-refractivity contribution in [2.75, 3.05) is 0 Å². The van der Waals surface area contributed by atoms with Crippen molar-refractivity contribution in [1.82, 2.24) is 0 Å². The first-order valence-electron chi connectivity index (χ1n) is 4.49. The molecule has 0 bridgehead atoms. The molecule has 12 heavy (non-hydrogen) atoms. The summed E-state index contributed by atoms with van der Waals surface area (Å²) in [6.45, 7) is 5.84. The van der Waals surface area contributed by atoms with Gasteiger partial charge in [0.25, 0.3) is 0 Å². The van der Waals surface area contributed by atoms with Crippen LogP contribution in [0.25, 0.3) is 0 Å². The van der Waals surface area contributed by atoms with E-state index in [9.17, 15) is 4.79 Å². The molecule has 0 spiro atoms. The number of unbranched alkanes of at least 4 members (excludes halogenated alkanes) is 1. The van der Waals surface area contributed by atoms with Gasteiger partial charge < -0.3 is 5.11 Å². The number of carboxylic acid groups (broad SMARTS) is 1. The zero-order valence-corrected chi connectivity index (χ0v) is 8.13. The third kappa shape index (κ3) is 4.94. The molecule has 70 valence electrons. The van der Waals surface area contributed by atoms with Crippen LogP contribution in [0.3, 0.4) is 0 Å². The maximum Gasteiger partial charge on any atom is 0.330 e. The quantitative estimate of drug-likeness (QED) is 0.644. The predicted molar refractivity (Wildman–Crippen MR) is 50.1 cm³/mol. The predicted octanol–water partition coefficient (Wildman–Crippen LogP) is 2.84. The zero-order chi connectivity index (χ0) is 9.56. The van der Waals surface area contributed by atoms with E-state index in [2.05, 4.69) is 13.8 Å². The van der Waals surface area contributed by atoms with Crippen molar-refractivity contribution < 1.29 is 9.90 Å². The Kier molecular flexibility index (Phi) is 5.43. The highest BCUT2D eigenvalue weighted by Gasteiger charge is 2.02. The van der Waals surface area contributed by atoms with Gasteiger partial charge in [-0.25, -0.2) is 4.79 Å². The third-order valence-electron chi connectivity index (χ3n) is 1.88. The van der Waals surface area contributed by atoms with Gasteiger partial charge in [-0.3, -0.25) is 0 Å². The van der Waals surface area contributed by atoms with E-state index in [1.54, 1.807) is 6.92 Å². The fraction of sp³-hybridized carbons (Fsp3) is 0.700. The molecule has 0 aliphatic rings. The third-order valence-corrected chi connectivity index (χ3v) is 1.88. The smallest absolute Gasteiger partial charge is 0.330 e. The van der Waals surface area contributed by atoms with Crippen molar-refractivity contribution in [3.05, 3.63) is 11.6 Å². The van der Waals surface area contributed by atoms with Crippen molar-refractivity contribution in [1.29, 1.82) is 0 Å². The van der Waals surface area contributed by atoms with Crippen LogP contribution in [0.4, 0.5) is 0 Å². The van der Waals surface area contributed by atoms with Crippen molar-refractivity contribution in [2.24, 2.45) is 5.92 Å². The summed E-state index contributed by atoms with van der Waals surface area (Å²) in [6.07, 6.45) is 5.26. The Morgan fingerprint density at radius 2 is 2.17 bits per heavy atom. The minimum Gasteiger partial charge on any atom is -0.478 e. The second kappa shape index (κ2) is 5.81. The zero-order valence-electron chi connectivity index (χ0n) is 8.13. The maximum absolute atomic E-state index is 10.4. The molecule has 0 aliphatic carbocycles. The minimum atomic E-state index is -0.807. The largest absolute Gasteiger partial charge is 0.478 e. The molecular weight excluding hydrogens is 152 g/mol. The topological polar surface area (TPSA) is 37.3 Å². The van der Waals surface area contributed by atoms with Crippen LogP contribution in [-0.4, -0.2) is 11.1 Å². The lowest BCUT2D eigenvalue weighted by molar-refractivity contribution is -0.132. The van der Waals surface area contributed by atoms with Gasteiger partial charge in [-0.05, 0) is 19.3 Å². The first kappa shape index (κ1) is 11.2. The fourth-order valence-corrected chi connectivity index (χ4v) is 1.11. The number of rotatable bonds is 5. The molecule has 1 N–H and O–H groups in total. The van der Waals surface area contributed by atoms with Crippen LogP contribution >= 0.6 is 0 Å². The summed E-state index contributed by atoms with van der Waals surface area (Å²) in [5.74, 6) is -0.417. The number of allylic oxidation sites excluding steroid dienone is 1. The monoisotopic (exact) mass is 170 g/mol. The average molecular weight is 170 g/mol. The van der Waals surface area contributed by atoms with Gasteiger partial charge in [0.15, 0.2) is 0 Å². The van der Waals surface area contributed by atoms with E-state index in [0.29, 0.717) is 11.5 Å². The van der Waals surface area contributed by atoms with E-state index in [1.807, 2.05) is 6.08 Å². The van der Waals surface area contributed by atoms with E-state index < -0.39 is 5.97 Å². The second-order valence-electron chi connectivity index (χ2n) is 3.27. The highest BCUT2D eigenvalue weighted by atomic mass is 16.4. The van der Waals surface area contributed by atoms with Gasteiger partial charge in [-0.15, -0.1) is 0 Å². The number of hydrogen-bond acceptors (Lipinski definition) is 1. The van der Waals surface area contributed by atoms with Crippen LogP contribution in [0, 0.1) is 5.92 Å². The van der Waals surface area contributed by atoms with Crippen LogP contribution in [-0.2, 0) is 4.79 Å². The standard InChI is InChI=1S/C10H18O2/c1-4-5-6-8(2)7-9(3)10(11)12/h7-8H,4-6H2,1-3H3,(H,11,12)/b9-7+. The summed E-state index contributed by atoms with van der Waals surface area (Å²) in [5.41, 5.74) is 0.457. The lowest BCUT2D eigenvalue weighted by Gasteiger charge is -2.04. The number of aliphatic carboxylic acids is 1. The Hall–Kier alpha value is -0.790. The van der Waals surface area contributed by atoms with Gasteiger partial charge in [0, 0.05) is 5.57 Å². The van der Waals surface area contributed by atoms with Crippen molar-refractivity contribution >= 4 is 5.97 Å². The van der Waals surface area contributed by atoms with Crippen molar-refractivity contribution in [3.63, 3.8) is 0 Å². The van der Waals surface area contributed by atoms with Crippen LogP contribution < -0.4 is 0 Å². The molecule has 0 aromatic heterocycles. The fourth-order valence-electron chi connectivity index (χ4n) is 1.11. The van der Waals surface area contributed by atoms with E-state index in [1.165, 1.54) is 12.8 Å². The number of carboxylic acids is 1. The van der Waals surface area contributed by atoms with Crippen LogP contribution in [0.5, 0.6) is 0 Å². The Morgan fingerprint density at radius 1 is 1.58 bits per heavy atom. The Balaban J connectivity index is 3.87. The van der Waals surface area contributed by atoms with Gasteiger partial charge >= 0.3 is 5.97 Å². The second-order valence-corrected chi connectivity index (χ2v) is 3.27. The minimum absolute atomic E-state index is 0.390. The molecule has 1 unspecified atom stereocenters. The van der Waals surface area contributed by atoms with Gasteiger partial charge in [0.2, 0.25) is 0 Å². The molecule has 0 saturated heterocycles. The van der Waals surface area contributed by atoms with Crippen LogP contribution in [0.1, 0.15) is 40.0 Å². The summed E-state index contributed by atoms with van der Waals surface area (Å²) in [4.78, 5) is 10.4. The first-order chi connectivity index (χ1) is 5.57. The van der Waals surface area contributed by atoms with Gasteiger partial charge in [0.1, 0.15) is 0 Å². The molecule has 0 rings (SSSR count). The average Bonchev–Trinajstić information content (AvgIpc) is 2.00. The Labute approximate surface area is 74.3 Å². The lowest BCUT2D eigenvalue weighted by Crippen LogP contribution is -1.99. The molecule has 2 nitrogen and oxygen atoms in total. The number of carbonyl (C=O) groups is 1. The molecule has 0 fully saturated rings. The summed E-state index contributed by atoms with van der Waals surface area (Å²) < 4.78 is 0. The Morgan fingerprint density at radius 3 is 2.58 bits per heavy atom. The molecule has 1 atom stereocenters. The molecular formula is C10H18O2. The van der Waals surface area contributed by atoms with Crippen LogP contribution in [0.15, 0.2) is 11.6 Å². The number of hydrogen-bond donors (Lipinski definition) is 1. The highest BCUT2D eigenvalue weighted by Crippen LogP contribution is 2.11. The molecule has 0 radical (unpaired) electrons. The van der Waals surface area contributed by atoms with Crippen molar-refractivity contribution in [3.8, 4) is 0 Å². The van der Waals surface area contributed by atoms with Gasteiger partial charge in [-0.2, -0.15) is 0 Å². The molecule has 0 saturated carbocycles. The van der Waals surface area contributed by atoms with Crippen molar-refractivity contribution in [2.45, 2.75) is 40.0 Å². The molecule has 0 aromatic rings. The maximum atomic E-state index is 10.4. The Bertz CT molecular complexity index is 171. The summed E-state index contributed by atoms with van der Waals surface area (Å²) in [7, 11) is 0. The molecule has 0 aromatic carbocycles. The SMILES string of the molecule is CCCCC(C)/C=C(\C)C(=O)O. The summed E-state index contributed by atoms with van der Waals surface area (Å²) in [5, 5.41) is 8.59. The summed E-state index contributed by atoms with van der Waals surface area (Å²) in [6, 6.07) is 0. The lowest BCUT2D eigenvalue weighted by atomic mass is 10.0. The van der Waals surface area contributed by atoms with E-state index >= 15 is 0 Å². The first-order valence-corrected chi connectivity index (χ1v) is 4.49. The molecule has 2 heteroatoms. The van der Waals surface area contributed by atoms with E-state index in [4.69, 9.17) is 5.11 Å². The highest BCUT2D eigenvalue weighted by molar-refractivity contribution is 5.85. The van der Waals surface area contributed by atoms with E-state index in [0.717, 1.165) is 6.42 Å². The molecule has 0 aliphatic heterocycles. The molecule has 0 amide bonds. The normalized spacial score (nSPS) is 14.4. The van der Waals surface area contributed by atoms with Gasteiger partial charge in [-0.1, -0.05) is 32.8 Å². The van der Waals surface area contributed by atoms with Crippen LogP contribution in [0.2, 0.25) is 0 Å². The van der Waals surface area contributed by atoms with E-state index in [-0.39, 0.29) is 0 Å². The molecule has 0 heterocycles. The summed E-state index contributed by atoms with van der Waals surface area (Å²) >= 11 is 0.